The van der Waals surface area contributed by atoms with Gasteiger partial charge in [0, 0.05) is 10.1 Å². The van der Waals surface area contributed by atoms with Gasteiger partial charge < -0.3 is 10.1 Å². The maximum absolute atomic E-state index is 13.4. The first-order valence-corrected chi connectivity index (χ1v) is 9.05. The van der Waals surface area contributed by atoms with Crippen molar-refractivity contribution in [2.24, 2.45) is 0 Å². The molecule has 0 aliphatic rings. The Labute approximate surface area is 154 Å². The third kappa shape index (κ3) is 3.62. The molecule has 0 aliphatic carbocycles. The van der Waals surface area contributed by atoms with Crippen LogP contribution >= 0.6 is 22.9 Å². The van der Waals surface area contributed by atoms with Crippen molar-refractivity contribution in [1.29, 1.82) is 0 Å². The molecule has 3 rings (SSSR count). The molecule has 0 saturated carbocycles. The van der Waals surface area contributed by atoms with E-state index in [2.05, 4.69) is 5.32 Å². The molecule has 3 aromatic rings. The van der Waals surface area contributed by atoms with Crippen LogP contribution in [0.2, 0.25) is 5.02 Å². The van der Waals surface area contributed by atoms with Crippen molar-refractivity contribution < 1.29 is 13.9 Å². The standard InChI is InChI=1S/C19H17ClFNO2S/c1-3-15(11-4-7-13(24-2)8-5-11)22-19(23)18-17(20)14-9-6-12(21)10-16(14)25-18/h4-10,15H,3H2,1-2H3,(H,22,23). The summed E-state index contributed by atoms with van der Waals surface area (Å²) in [7, 11) is 1.61. The first-order valence-electron chi connectivity index (χ1n) is 7.85. The summed E-state index contributed by atoms with van der Waals surface area (Å²) in [6.07, 6.45) is 0.731. The topological polar surface area (TPSA) is 38.3 Å². The Hall–Kier alpha value is -2.11. The van der Waals surface area contributed by atoms with Gasteiger partial charge in [0.15, 0.2) is 0 Å². The predicted octanol–water partition coefficient (Wildman–Crippen LogP) is 5.58. The largest absolute Gasteiger partial charge is 0.497 e. The molecule has 1 amide bonds. The molecule has 1 unspecified atom stereocenters. The highest BCUT2D eigenvalue weighted by molar-refractivity contribution is 7.21. The number of methoxy groups -OCH3 is 1. The summed E-state index contributed by atoms with van der Waals surface area (Å²) < 4.78 is 19.2. The van der Waals surface area contributed by atoms with E-state index in [4.69, 9.17) is 16.3 Å². The van der Waals surface area contributed by atoms with Crippen LogP contribution in [-0.4, -0.2) is 13.0 Å². The van der Waals surface area contributed by atoms with Gasteiger partial charge in [0.25, 0.3) is 5.91 Å². The van der Waals surface area contributed by atoms with Crippen LogP contribution in [0.4, 0.5) is 4.39 Å². The van der Waals surface area contributed by atoms with E-state index in [9.17, 15) is 9.18 Å². The number of hydrogen-bond donors (Lipinski definition) is 1. The fraction of sp³-hybridized carbons (Fsp3) is 0.211. The Kier molecular flexibility index (Phi) is 5.25. The number of carbonyl (C=O) groups is 1. The highest BCUT2D eigenvalue weighted by Crippen LogP contribution is 2.36. The molecule has 0 spiro atoms. The maximum Gasteiger partial charge on any atom is 0.263 e. The molecule has 1 heterocycles. The zero-order valence-corrected chi connectivity index (χ0v) is 15.4. The molecule has 0 fully saturated rings. The van der Waals surface area contributed by atoms with E-state index in [1.807, 2.05) is 31.2 Å². The molecule has 25 heavy (non-hydrogen) atoms. The van der Waals surface area contributed by atoms with Crippen molar-refractivity contribution in [3.63, 3.8) is 0 Å². The van der Waals surface area contributed by atoms with E-state index in [1.165, 1.54) is 23.5 Å². The molecular formula is C19H17ClFNO2S. The van der Waals surface area contributed by atoms with Crippen LogP contribution < -0.4 is 10.1 Å². The SMILES string of the molecule is CCC(NC(=O)c1sc2cc(F)ccc2c1Cl)c1ccc(OC)cc1. The van der Waals surface area contributed by atoms with Gasteiger partial charge in [-0.2, -0.15) is 0 Å². The smallest absolute Gasteiger partial charge is 0.263 e. The summed E-state index contributed by atoms with van der Waals surface area (Å²) in [5.74, 6) is 0.163. The quantitative estimate of drug-likeness (QED) is 0.630. The molecule has 1 aromatic heterocycles. The van der Waals surface area contributed by atoms with Gasteiger partial charge in [-0.3, -0.25) is 4.79 Å². The fourth-order valence-corrected chi connectivity index (χ4v) is 4.11. The highest BCUT2D eigenvalue weighted by atomic mass is 35.5. The second-order valence-electron chi connectivity index (χ2n) is 5.59. The van der Waals surface area contributed by atoms with Crippen LogP contribution in [-0.2, 0) is 0 Å². The van der Waals surface area contributed by atoms with Crippen LogP contribution in [0.1, 0.15) is 34.6 Å². The molecule has 2 aromatic carbocycles. The van der Waals surface area contributed by atoms with Gasteiger partial charge in [0.05, 0.1) is 18.2 Å². The third-order valence-corrected chi connectivity index (χ3v) is 5.69. The average molecular weight is 378 g/mol. The second kappa shape index (κ2) is 7.42. The number of ether oxygens (including phenoxy) is 1. The van der Waals surface area contributed by atoms with Crippen molar-refractivity contribution >= 4 is 38.9 Å². The van der Waals surface area contributed by atoms with Crippen molar-refractivity contribution in [1.82, 2.24) is 5.32 Å². The van der Waals surface area contributed by atoms with E-state index in [1.54, 1.807) is 13.2 Å². The number of hydrogen-bond acceptors (Lipinski definition) is 3. The van der Waals surface area contributed by atoms with Crippen LogP contribution in [0.5, 0.6) is 5.75 Å². The van der Waals surface area contributed by atoms with E-state index in [0.717, 1.165) is 17.7 Å². The van der Waals surface area contributed by atoms with E-state index in [0.29, 0.717) is 20.0 Å². The molecule has 0 bridgehead atoms. The zero-order valence-electron chi connectivity index (χ0n) is 13.8. The van der Waals surface area contributed by atoms with Crippen LogP contribution in [0.25, 0.3) is 10.1 Å². The monoisotopic (exact) mass is 377 g/mol. The predicted molar refractivity (Wildman–Crippen MR) is 100 cm³/mol. The number of fused-ring (bicyclic) bond motifs is 1. The minimum Gasteiger partial charge on any atom is -0.497 e. The van der Waals surface area contributed by atoms with Gasteiger partial charge in [-0.25, -0.2) is 4.39 Å². The Morgan fingerprint density at radius 2 is 2.00 bits per heavy atom. The fourth-order valence-electron chi connectivity index (χ4n) is 2.67. The Bertz CT molecular complexity index is 908. The van der Waals surface area contributed by atoms with Crippen LogP contribution in [0.15, 0.2) is 42.5 Å². The summed E-state index contributed by atoms with van der Waals surface area (Å²) in [4.78, 5) is 13.1. The Morgan fingerprint density at radius 3 is 2.64 bits per heavy atom. The lowest BCUT2D eigenvalue weighted by atomic mass is 10.0. The van der Waals surface area contributed by atoms with Gasteiger partial charge in [-0.15, -0.1) is 11.3 Å². The van der Waals surface area contributed by atoms with Gasteiger partial charge in [-0.1, -0.05) is 30.7 Å². The summed E-state index contributed by atoms with van der Waals surface area (Å²) >= 11 is 7.52. The van der Waals surface area contributed by atoms with E-state index < -0.39 is 0 Å². The molecule has 3 nitrogen and oxygen atoms in total. The first kappa shape index (κ1) is 17.7. The number of rotatable bonds is 5. The summed E-state index contributed by atoms with van der Waals surface area (Å²) in [6, 6.07) is 11.8. The molecule has 1 atom stereocenters. The number of nitrogens with one attached hydrogen (secondary N) is 1. The minimum atomic E-state index is -0.345. The van der Waals surface area contributed by atoms with Gasteiger partial charge >= 0.3 is 0 Å². The van der Waals surface area contributed by atoms with E-state index in [-0.39, 0.29) is 17.8 Å². The summed E-state index contributed by atoms with van der Waals surface area (Å²) in [5, 5.41) is 4.06. The molecule has 130 valence electrons. The van der Waals surface area contributed by atoms with Gasteiger partial charge in [-0.05, 0) is 42.3 Å². The molecule has 1 N–H and O–H groups in total. The summed E-state index contributed by atoms with van der Waals surface area (Å²) in [6.45, 7) is 2.00. The van der Waals surface area contributed by atoms with Gasteiger partial charge in [0.1, 0.15) is 16.4 Å². The van der Waals surface area contributed by atoms with E-state index >= 15 is 0 Å². The van der Waals surface area contributed by atoms with Crippen molar-refractivity contribution in [2.45, 2.75) is 19.4 Å². The van der Waals surface area contributed by atoms with Crippen molar-refractivity contribution in [3.05, 3.63) is 63.7 Å². The minimum absolute atomic E-state index is 0.142. The number of benzene rings is 2. The van der Waals surface area contributed by atoms with Crippen molar-refractivity contribution in [3.8, 4) is 5.75 Å². The van der Waals surface area contributed by atoms with Gasteiger partial charge in [0.2, 0.25) is 0 Å². The first-order chi connectivity index (χ1) is 12.0. The highest BCUT2D eigenvalue weighted by Gasteiger charge is 2.20. The number of thiophene rings is 1. The number of carbonyl (C=O) groups excluding carboxylic acids is 1. The third-order valence-electron chi connectivity index (χ3n) is 4.03. The Morgan fingerprint density at radius 1 is 1.28 bits per heavy atom. The Balaban J connectivity index is 1.85. The maximum atomic E-state index is 13.4. The molecular weight excluding hydrogens is 361 g/mol. The van der Waals surface area contributed by atoms with Crippen LogP contribution in [0.3, 0.4) is 0 Å². The molecule has 6 heteroatoms. The molecule has 0 radical (unpaired) electrons. The zero-order chi connectivity index (χ0) is 18.0. The second-order valence-corrected chi connectivity index (χ2v) is 7.02. The molecule has 0 aliphatic heterocycles. The molecule has 0 saturated heterocycles. The lowest BCUT2D eigenvalue weighted by Crippen LogP contribution is -2.27. The lowest BCUT2D eigenvalue weighted by Gasteiger charge is -2.17. The summed E-state index contributed by atoms with van der Waals surface area (Å²) in [5.41, 5.74) is 0.986. The van der Waals surface area contributed by atoms with Crippen LogP contribution in [0, 0.1) is 5.82 Å². The normalized spacial score (nSPS) is 12.2. The average Bonchev–Trinajstić information content (AvgIpc) is 2.95. The lowest BCUT2D eigenvalue weighted by molar-refractivity contribution is 0.0940. The number of amides is 1. The van der Waals surface area contributed by atoms with Crippen molar-refractivity contribution in [2.75, 3.05) is 7.11 Å². The number of halogens is 2.